The summed E-state index contributed by atoms with van der Waals surface area (Å²) in [5.74, 6) is 0.00269. The number of aromatic nitrogens is 3. The Kier molecular flexibility index (Phi) is 8.01. The van der Waals surface area contributed by atoms with Gasteiger partial charge in [-0.3, -0.25) is 19.7 Å². The fourth-order valence-corrected chi connectivity index (χ4v) is 4.03. The predicted molar refractivity (Wildman–Crippen MR) is 125 cm³/mol. The number of nitro groups is 1. The van der Waals surface area contributed by atoms with Gasteiger partial charge in [0.05, 0.1) is 27.3 Å². The molecule has 0 fully saturated rings. The molecule has 2 aromatic carbocycles. The lowest BCUT2D eigenvalue weighted by Crippen LogP contribution is -2.29. The third-order valence-corrected chi connectivity index (χ3v) is 5.91. The van der Waals surface area contributed by atoms with E-state index in [0.29, 0.717) is 33.8 Å². The first-order chi connectivity index (χ1) is 15.8. The summed E-state index contributed by atoms with van der Waals surface area (Å²) in [5, 5.41) is 25.5. The fourth-order valence-electron chi connectivity index (χ4n) is 3.00. The van der Waals surface area contributed by atoms with Gasteiger partial charge in [-0.15, -0.1) is 10.2 Å². The largest absolute Gasteiger partial charge is 0.342 e. The monoisotopic (exact) mass is 488 g/mol. The van der Waals surface area contributed by atoms with Crippen LogP contribution < -0.4 is 10.6 Å². The van der Waals surface area contributed by atoms with Gasteiger partial charge in [-0.05, 0) is 38.1 Å². The van der Waals surface area contributed by atoms with Gasteiger partial charge >= 0.3 is 0 Å². The van der Waals surface area contributed by atoms with Crippen LogP contribution in [-0.2, 0) is 11.3 Å². The average molecular weight is 489 g/mol. The van der Waals surface area contributed by atoms with Crippen molar-refractivity contribution in [1.82, 2.24) is 20.1 Å². The maximum atomic E-state index is 12.6. The Labute approximate surface area is 198 Å². The van der Waals surface area contributed by atoms with Gasteiger partial charge in [0.25, 0.3) is 11.6 Å². The Bertz CT molecular complexity index is 1170. The van der Waals surface area contributed by atoms with Crippen molar-refractivity contribution in [3.8, 4) is 0 Å². The molecule has 0 aliphatic carbocycles. The van der Waals surface area contributed by atoms with E-state index >= 15 is 0 Å². The van der Waals surface area contributed by atoms with Gasteiger partial charge in [-0.2, -0.15) is 0 Å². The Balaban J connectivity index is 1.61. The molecular weight excluding hydrogens is 468 g/mol. The van der Waals surface area contributed by atoms with E-state index in [1.165, 1.54) is 36.0 Å². The zero-order chi connectivity index (χ0) is 24.0. The van der Waals surface area contributed by atoms with E-state index in [1.807, 2.05) is 11.5 Å². The summed E-state index contributed by atoms with van der Waals surface area (Å²) >= 11 is 7.29. The van der Waals surface area contributed by atoms with Gasteiger partial charge in [0.2, 0.25) is 5.91 Å². The first kappa shape index (κ1) is 24.2. The van der Waals surface area contributed by atoms with Gasteiger partial charge in [-0.25, -0.2) is 0 Å². The van der Waals surface area contributed by atoms with Gasteiger partial charge in [0.1, 0.15) is 0 Å². The summed E-state index contributed by atoms with van der Waals surface area (Å²) in [5.41, 5.74) is 0.771. The second kappa shape index (κ2) is 10.9. The van der Waals surface area contributed by atoms with Gasteiger partial charge in [0.15, 0.2) is 11.0 Å². The molecule has 2 amide bonds. The maximum Gasteiger partial charge on any atom is 0.269 e. The number of anilines is 1. The smallest absolute Gasteiger partial charge is 0.269 e. The van der Waals surface area contributed by atoms with Gasteiger partial charge in [-0.1, -0.05) is 35.5 Å². The highest BCUT2D eigenvalue weighted by atomic mass is 35.5. The van der Waals surface area contributed by atoms with E-state index in [-0.39, 0.29) is 23.3 Å². The second-order valence-electron chi connectivity index (χ2n) is 6.90. The molecule has 0 saturated carbocycles. The molecule has 0 aliphatic rings. The highest BCUT2D eigenvalue weighted by molar-refractivity contribution is 7.99. The van der Waals surface area contributed by atoms with Crippen LogP contribution in [0.4, 0.5) is 11.4 Å². The van der Waals surface area contributed by atoms with Crippen LogP contribution in [0, 0.1) is 10.1 Å². The van der Waals surface area contributed by atoms with E-state index in [1.54, 1.807) is 31.2 Å². The van der Waals surface area contributed by atoms with Crippen LogP contribution in [0.15, 0.2) is 53.7 Å². The van der Waals surface area contributed by atoms with E-state index < -0.39 is 11.0 Å². The van der Waals surface area contributed by atoms with E-state index in [4.69, 9.17) is 11.6 Å². The Morgan fingerprint density at radius 3 is 2.52 bits per heavy atom. The first-order valence-electron chi connectivity index (χ1n) is 9.95. The third-order valence-electron chi connectivity index (χ3n) is 4.61. The average Bonchev–Trinajstić information content (AvgIpc) is 3.21. The molecule has 0 saturated heterocycles. The lowest BCUT2D eigenvalue weighted by molar-refractivity contribution is -0.384. The van der Waals surface area contributed by atoms with Crippen molar-refractivity contribution in [3.05, 3.63) is 75.1 Å². The van der Waals surface area contributed by atoms with Crippen LogP contribution >= 0.6 is 23.4 Å². The number of hydrogen-bond donors (Lipinski definition) is 2. The first-order valence-corrected chi connectivity index (χ1v) is 11.3. The number of amides is 2. The van der Waals surface area contributed by atoms with Crippen molar-refractivity contribution in [2.24, 2.45) is 0 Å². The van der Waals surface area contributed by atoms with E-state index in [0.717, 1.165) is 0 Å². The molecule has 1 heterocycles. The van der Waals surface area contributed by atoms with Crippen LogP contribution in [0.25, 0.3) is 0 Å². The summed E-state index contributed by atoms with van der Waals surface area (Å²) in [6.45, 7) is 4.25. The molecule has 1 aromatic heterocycles. The lowest BCUT2D eigenvalue weighted by atomic mass is 10.2. The number of hydrogen-bond acceptors (Lipinski definition) is 7. The number of nitrogens with one attached hydrogen (secondary N) is 2. The SMILES string of the molecule is CCn1c(SCC(=O)Nc2ccc([N+](=O)[O-])cc2)nnc1[C@@H](C)NC(=O)c1ccccc1Cl. The van der Waals surface area contributed by atoms with Gasteiger partial charge < -0.3 is 15.2 Å². The normalized spacial score (nSPS) is 11.6. The predicted octanol–water partition coefficient (Wildman–Crippen LogP) is 4.08. The molecule has 3 aromatic rings. The molecule has 0 bridgehead atoms. The van der Waals surface area contributed by atoms with Crippen LogP contribution in [0.5, 0.6) is 0 Å². The second-order valence-corrected chi connectivity index (χ2v) is 8.25. The van der Waals surface area contributed by atoms with E-state index in [2.05, 4.69) is 20.8 Å². The standard InChI is InChI=1S/C21H21ClN6O4S/c1-3-27-19(13(2)23-20(30)16-6-4-5-7-17(16)22)25-26-21(27)33-12-18(29)24-14-8-10-15(11-9-14)28(31)32/h4-11,13H,3,12H2,1-2H3,(H,23,30)(H,24,29)/t13-/m1/s1. The number of carbonyl (C=O) groups is 2. The van der Waals surface area contributed by atoms with Crippen molar-refractivity contribution in [2.45, 2.75) is 31.6 Å². The molecular formula is C21H21ClN6O4S. The number of thioether (sulfide) groups is 1. The Morgan fingerprint density at radius 1 is 1.18 bits per heavy atom. The van der Waals surface area contributed by atoms with Crippen LogP contribution in [0.3, 0.4) is 0 Å². The van der Waals surface area contributed by atoms with Crippen molar-refractivity contribution in [2.75, 3.05) is 11.1 Å². The topological polar surface area (TPSA) is 132 Å². The molecule has 0 spiro atoms. The van der Waals surface area contributed by atoms with Crippen molar-refractivity contribution >= 4 is 46.6 Å². The summed E-state index contributed by atoms with van der Waals surface area (Å²) in [4.78, 5) is 35.1. The quantitative estimate of drug-likeness (QED) is 0.263. The summed E-state index contributed by atoms with van der Waals surface area (Å²) in [6, 6.07) is 11.9. The minimum Gasteiger partial charge on any atom is -0.342 e. The molecule has 33 heavy (non-hydrogen) atoms. The number of benzene rings is 2. The number of nitro benzene ring substituents is 1. The molecule has 12 heteroatoms. The van der Waals surface area contributed by atoms with Gasteiger partial charge in [0, 0.05) is 24.4 Å². The lowest BCUT2D eigenvalue weighted by Gasteiger charge is -2.15. The minimum atomic E-state index is -0.505. The van der Waals surface area contributed by atoms with Crippen LogP contribution in [0.2, 0.25) is 5.02 Å². The zero-order valence-electron chi connectivity index (χ0n) is 17.8. The zero-order valence-corrected chi connectivity index (χ0v) is 19.4. The van der Waals surface area contributed by atoms with E-state index in [9.17, 15) is 19.7 Å². The molecule has 3 rings (SSSR count). The number of non-ortho nitro benzene ring substituents is 1. The molecule has 10 nitrogen and oxygen atoms in total. The van der Waals surface area contributed by atoms with Crippen LogP contribution in [0.1, 0.15) is 36.1 Å². The molecule has 0 unspecified atom stereocenters. The minimum absolute atomic E-state index is 0.0540. The molecule has 172 valence electrons. The Hall–Kier alpha value is -3.44. The Morgan fingerprint density at radius 2 is 1.88 bits per heavy atom. The fraction of sp³-hybridized carbons (Fsp3) is 0.238. The summed E-state index contributed by atoms with van der Waals surface area (Å²) in [7, 11) is 0. The highest BCUT2D eigenvalue weighted by Gasteiger charge is 2.21. The van der Waals surface area contributed by atoms with Crippen molar-refractivity contribution in [1.29, 1.82) is 0 Å². The molecule has 1 atom stereocenters. The number of halogens is 1. The van der Waals surface area contributed by atoms with Crippen molar-refractivity contribution in [3.63, 3.8) is 0 Å². The summed E-state index contributed by atoms with van der Waals surface area (Å²) < 4.78 is 1.82. The number of rotatable bonds is 9. The number of carbonyl (C=O) groups excluding carboxylic acids is 2. The molecule has 2 N–H and O–H groups in total. The highest BCUT2D eigenvalue weighted by Crippen LogP contribution is 2.22. The maximum absolute atomic E-state index is 12.6. The number of nitrogens with zero attached hydrogens (tertiary/aromatic N) is 4. The molecule has 0 radical (unpaired) electrons. The summed E-state index contributed by atoms with van der Waals surface area (Å²) in [6.07, 6.45) is 0. The van der Waals surface area contributed by atoms with Crippen LogP contribution in [-0.4, -0.2) is 37.3 Å². The molecule has 0 aliphatic heterocycles. The third kappa shape index (κ3) is 6.08. The van der Waals surface area contributed by atoms with Crippen molar-refractivity contribution < 1.29 is 14.5 Å².